The van der Waals surface area contributed by atoms with Gasteiger partial charge in [-0.1, -0.05) is 0 Å². The van der Waals surface area contributed by atoms with Crippen LogP contribution in [0.1, 0.15) is 16.2 Å². The zero-order valence-electron chi connectivity index (χ0n) is 12.0. The van der Waals surface area contributed by atoms with E-state index in [9.17, 15) is 4.79 Å². The fourth-order valence-electron chi connectivity index (χ4n) is 2.13. The topological polar surface area (TPSA) is 64.4 Å². The smallest absolute Gasteiger partial charge is 0.255 e. The number of aryl methyl sites for hydroxylation is 1. The van der Waals surface area contributed by atoms with Crippen molar-refractivity contribution in [1.82, 2.24) is 4.98 Å². The normalized spacial score (nSPS) is 10.7. The Labute approximate surface area is 135 Å². The number of nitrogens with zero attached hydrogens (tertiary/aromatic N) is 1. The zero-order valence-corrected chi connectivity index (χ0v) is 13.6. The van der Waals surface area contributed by atoms with Crippen LogP contribution < -0.4 is 10.1 Å². The first-order valence-corrected chi connectivity index (χ1v) is 7.38. The van der Waals surface area contributed by atoms with Gasteiger partial charge in [-0.25, -0.2) is 4.98 Å². The van der Waals surface area contributed by atoms with E-state index in [0.29, 0.717) is 34.0 Å². The second-order valence-electron chi connectivity index (χ2n) is 4.72. The van der Waals surface area contributed by atoms with Crippen molar-refractivity contribution in [2.24, 2.45) is 0 Å². The Kier molecular flexibility index (Phi) is 3.85. The number of aromatic nitrogens is 1. The van der Waals surface area contributed by atoms with Crippen LogP contribution in [0.2, 0.25) is 0 Å². The van der Waals surface area contributed by atoms with Crippen molar-refractivity contribution in [2.75, 3.05) is 12.4 Å². The number of hydrogen-bond acceptors (Lipinski definition) is 4. The lowest BCUT2D eigenvalue weighted by atomic mass is 10.2. The number of carbonyl (C=O) groups excluding carboxylic acids is 1. The number of oxazole rings is 1. The van der Waals surface area contributed by atoms with E-state index in [4.69, 9.17) is 9.15 Å². The van der Waals surface area contributed by atoms with Crippen molar-refractivity contribution < 1.29 is 13.9 Å². The van der Waals surface area contributed by atoms with Crippen molar-refractivity contribution in [3.8, 4) is 5.75 Å². The van der Waals surface area contributed by atoms with Crippen molar-refractivity contribution in [3.63, 3.8) is 0 Å². The highest BCUT2D eigenvalue weighted by Gasteiger charge is 2.10. The van der Waals surface area contributed by atoms with Crippen molar-refractivity contribution >= 4 is 38.6 Å². The molecule has 1 heterocycles. The Morgan fingerprint density at radius 1 is 1.27 bits per heavy atom. The van der Waals surface area contributed by atoms with Crippen LogP contribution in [0.5, 0.6) is 5.75 Å². The van der Waals surface area contributed by atoms with E-state index in [1.807, 2.05) is 0 Å². The molecule has 2 aromatic carbocycles. The van der Waals surface area contributed by atoms with Gasteiger partial charge in [0.2, 0.25) is 0 Å². The van der Waals surface area contributed by atoms with Gasteiger partial charge in [0.1, 0.15) is 11.3 Å². The maximum atomic E-state index is 12.3. The second kappa shape index (κ2) is 5.81. The van der Waals surface area contributed by atoms with Gasteiger partial charge in [-0.2, -0.15) is 0 Å². The highest BCUT2D eigenvalue weighted by Crippen LogP contribution is 2.26. The van der Waals surface area contributed by atoms with Gasteiger partial charge in [-0.05, 0) is 52.3 Å². The summed E-state index contributed by atoms with van der Waals surface area (Å²) in [5.74, 6) is 1.07. The summed E-state index contributed by atoms with van der Waals surface area (Å²) < 4.78 is 11.3. The van der Waals surface area contributed by atoms with E-state index >= 15 is 0 Å². The molecule has 1 aromatic heterocycles. The van der Waals surface area contributed by atoms with Gasteiger partial charge in [0.05, 0.1) is 11.6 Å². The van der Waals surface area contributed by atoms with Crippen LogP contribution in [0.15, 0.2) is 45.3 Å². The number of halogens is 1. The van der Waals surface area contributed by atoms with E-state index in [0.717, 1.165) is 4.47 Å². The molecule has 3 rings (SSSR count). The lowest BCUT2D eigenvalue weighted by molar-refractivity contribution is 0.102. The molecule has 1 N–H and O–H groups in total. The lowest BCUT2D eigenvalue weighted by Gasteiger charge is -2.07. The van der Waals surface area contributed by atoms with Gasteiger partial charge in [-0.3, -0.25) is 4.79 Å². The van der Waals surface area contributed by atoms with E-state index in [-0.39, 0.29) is 5.91 Å². The number of ether oxygens (including phenoxy) is 1. The molecule has 0 bridgehead atoms. The molecular weight excluding hydrogens is 348 g/mol. The molecule has 6 heteroatoms. The molecule has 5 nitrogen and oxygen atoms in total. The van der Waals surface area contributed by atoms with E-state index in [1.165, 1.54) is 0 Å². The highest BCUT2D eigenvalue weighted by atomic mass is 79.9. The summed E-state index contributed by atoms with van der Waals surface area (Å²) in [5, 5.41) is 2.84. The molecule has 0 radical (unpaired) electrons. The highest BCUT2D eigenvalue weighted by molar-refractivity contribution is 9.10. The zero-order chi connectivity index (χ0) is 15.7. The summed E-state index contributed by atoms with van der Waals surface area (Å²) in [5.41, 5.74) is 2.61. The average Bonchev–Trinajstić information content (AvgIpc) is 2.86. The molecule has 0 saturated carbocycles. The summed E-state index contributed by atoms with van der Waals surface area (Å²) in [4.78, 5) is 16.5. The van der Waals surface area contributed by atoms with Gasteiger partial charge in [0.25, 0.3) is 5.91 Å². The molecular formula is C16H13BrN2O3. The van der Waals surface area contributed by atoms with E-state index in [1.54, 1.807) is 50.4 Å². The average molecular weight is 361 g/mol. The van der Waals surface area contributed by atoms with Crippen LogP contribution in [0.3, 0.4) is 0 Å². The maximum Gasteiger partial charge on any atom is 0.255 e. The van der Waals surface area contributed by atoms with Crippen LogP contribution in [-0.2, 0) is 0 Å². The quantitative estimate of drug-likeness (QED) is 0.761. The number of nitrogens with one attached hydrogen (secondary N) is 1. The molecule has 0 aliphatic rings. The fraction of sp³-hybridized carbons (Fsp3) is 0.125. The number of benzene rings is 2. The molecule has 0 saturated heterocycles. The number of amides is 1. The third-order valence-corrected chi connectivity index (χ3v) is 3.79. The number of carbonyl (C=O) groups is 1. The van der Waals surface area contributed by atoms with E-state index < -0.39 is 0 Å². The Bertz CT molecular complexity index is 858. The predicted octanol–water partition coefficient (Wildman–Crippen LogP) is 4.16. The minimum absolute atomic E-state index is 0.206. The van der Waals surface area contributed by atoms with Gasteiger partial charge < -0.3 is 14.5 Å². The third-order valence-electron chi connectivity index (χ3n) is 3.17. The fourth-order valence-corrected chi connectivity index (χ4v) is 2.67. The molecule has 3 aromatic rings. The Morgan fingerprint density at radius 3 is 2.82 bits per heavy atom. The molecule has 1 amide bonds. The standard InChI is InChI=1S/C16H13BrN2O3/c1-9-18-13-8-11(4-6-15(13)22-9)19-16(20)10-3-5-14(21-2)12(17)7-10/h3-8H,1-2H3,(H,19,20). The summed E-state index contributed by atoms with van der Waals surface area (Å²) in [6, 6.07) is 10.5. The molecule has 112 valence electrons. The lowest BCUT2D eigenvalue weighted by Crippen LogP contribution is -2.11. The summed E-state index contributed by atoms with van der Waals surface area (Å²) >= 11 is 3.37. The van der Waals surface area contributed by atoms with Crippen molar-refractivity contribution in [1.29, 1.82) is 0 Å². The Morgan fingerprint density at radius 2 is 2.09 bits per heavy atom. The van der Waals surface area contributed by atoms with Gasteiger partial charge in [0.15, 0.2) is 11.5 Å². The second-order valence-corrected chi connectivity index (χ2v) is 5.57. The van der Waals surface area contributed by atoms with Crippen LogP contribution in [0.25, 0.3) is 11.1 Å². The number of hydrogen-bond donors (Lipinski definition) is 1. The summed E-state index contributed by atoms with van der Waals surface area (Å²) in [6.45, 7) is 1.78. The minimum atomic E-state index is -0.206. The molecule has 0 atom stereocenters. The SMILES string of the molecule is COc1ccc(C(=O)Nc2ccc3oc(C)nc3c2)cc1Br. The largest absolute Gasteiger partial charge is 0.496 e. The molecule has 0 fully saturated rings. The van der Waals surface area contributed by atoms with E-state index in [2.05, 4.69) is 26.2 Å². The minimum Gasteiger partial charge on any atom is -0.496 e. The van der Waals surface area contributed by atoms with Crippen LogP contribution in [0.4, 0.5) is 5.69 Å². The van der Waals surface area contributed by atoms with Crippen molar-refractivity contribution in [2.45, 2.75) is 6.92 Å². The number of anilines is 1. The first-order valence-electron chi connectivity index (χ1n) is 6.59. The molecule has 0 aliphatic heterocycles. The van der Waals surface area contributed by atoms with Gasteiger partial charge >= 0.3 is 0 Å². The summed E-state index contributed by atoms with van der Waals surface area (Å²) in [7, 11) is 1.58. The first-order chi connectivity index (χ1) is 10.6. The first kappa shape index (κ1) is 14.6. The van der Waals surface area contributed by atoms with Crippen molar-refractivity contribution in [3.05, 3.63) is 52.3 Å². The Balaban J connectivity index is 1.84. The molecule has 22 heavy (non-hydrogen) atoms. The van der Waals surface area contributed by atoms with Gasteiger partial charge in [-0.15, -0.1) is 0 Å². The maximum absolute atomic E-state index is 12.3. The van der Waals surface area contributed by atoms with Gasteiger partial charge in [0, 0.05) is 18.2 Å². The molecule has 0 unspecified atom stereocenters. The third kappa shape index (κ3) is 2.82. The molecule has 0 aliphatic carbocycles. The van der Waals surface area contributed by atoms with Crippen LogP contribution >= 0.6 is 15.9 Å². The number of rotatable bonds is 3. The van der Waals surface area contributed by atoms with Crippen LogP contribution in [0, 0.1) is 6.92 Å². The summed E-state index contributed by atoms with van der Waals surface area (Å²) in [6.07, 6.45) is 0. The Hall–Kier alpha value is -2.34. The van der Waals surface area contributed by atoms with Crippen LogP contribution in [-0.4, -0.2) is 18.0 Å². The predicted molar refractivity (Wildman–Crippen MR) is 87.4 cm³/mol. The number of methoxy groups -OCH3 is 1. The monoisotopic (exact) mass is 360 g/mol. The number of fused-ring (bicyclic) bond motifs is 1. The molecule has 0 spiro atoms.